The first kappa shape index (κ1) is 15.7. The van der Waals surface area contributed by atoms with E-state index in [9.17, 15) is 4.79 Å². The van der Waals surface area contributed by atoms with Gasteiger partial charge in [0.2, 0.25) is 5.91 Å². The molecule has 0 spiro atoms. The van der Waals surface area contributed by atoms with Gasteiger partial charge in [0.1, 0.15) is 13.2 Å². The molecule has 0 radical (unpaired) electrons. The van der Waals surface area contributed by atoms with Crippen molar-refractivity contribution in [2.75, 3.05) is 13.2 Å². The van der Waals surface area contributed by atoms with E-state index in [0.29, 0.717) is 24.7 Å². The molecule has 2 aromatic carbocycles. The number of rotatable bonds is 4. The molecule has 1 N–H and O–H groups in total. The molecule has 3 rings (SSSR count). The summed E-state index contributed by atoms with van der Waals surface area (Å²) in [5.74, 6) is 1.43. The van der Waals surface area contributed by atoms with Crippen molar-refractivity contribution in [2.45, 2.75) is 19.4 Å². The first-order valence-electron chi connectivity index (χ1n) is 7.55. The smallest absolute Gasteiger partial charge is 0.224 e. The lowest BCUT2D eigenvalue weighted by Crippen LogP contribution is -2.28. The fraction of sp³-hybridized carbons (Fsp3) is 0.278. The largest absolute Gasteiger partial charge is 0.486 e. The van der Waals surface area contributed by atoms with E-state index in [1.165, 1.54) is 0 Å². The second-order valence-corrected chi connectivity index (χ2v) is 5.94. The van der Waals surface area contributed by atoms with Crippen LogP contribution in [0.15, 0.2) is 42.5 Å². The molecule has 0 fully saturated rings. The number of ether oxygens (including phenoxy) is 2. The summed E-state index contributed by atoms with van der Waals surface area (Å²) >= 11 is 5.94. The van der Waals surface area contributed by atoms with Gasteiger partial charge in [0, 0.05) is 5.02 Å². The molecule has 1 amide bonds. The third kappa shape index (κ3) is 3.96. The molecule has 0 saturated heterocycles. The second kappa shape index (κ2) is 6.92. The van der Waals surface area contributed by atoms with Gasteiger partial charge in [-0.1, -0.05) is 29.8 Å². The summed E-state index contributed by atoms with van der Waals surface area (Å²) in [6, 6.07) is 12.9. The van der Waals surface area contributed by atoms with E-state index >= 15 is 0 Å². The van der Waals surface area contributed by atoms with Crippen molar-refractivity contribution < 1.29 is 14.3 Å². The molecule has 2 aromatic rings. The minimum Gasteiger partial charge on any atom is -0.486 e. The Balaban J connectivity index is 1.64. The monoisotopic (exact) mass is 331 g/mol. The van der Waals surface area contributed by atoms with E-state index in [4.69, 9.17) is 21.1 Å². The minimum absolute atomic E-state index is 0.0466. The molecule has 1 aliphatic heterocycles. The average molecular weight is 332 g/mol. The number of amides is 1. The minimum atomic E-state index is -0.113. The number of carbonyl (C=O) groups excluding carboxylic acids is 1. The van der Waals surface area contributed by atoms with Crippen LogP contribution in [0.2, 0.25) is 5.02 Å². The van der Waals surface area contributed by atoms with Gasteiger partial charge in [0.05, 0.1) is 12.5 Å². The summed E-state index contributed by atoms with van der Waals surface area (Å²) in [5.41, 5.74) is 1.87. The SMILES string of the molecule is C[C@@H](NC(=O)Cc1cccc(Cl)c1)c1ccc2c(c1)OCCO2. The molecule has 0 aliphatic carbocycles. The van der Waals surface area contributed by atoms with Crippen LogP contribution in [0.4, 0.5) is 0 Å². The molecule has 5 heteroatoms. The maximum atomic E-state index is 12.2. The van der Waals surface area contributed by atoms with Crippen molar-refractivity contribution in [3.05, 3.63) is 58.6 Å². The predicted octanol–water partition coefficient (Wildman–Crippen LogP) is 3.53. The third-order valence-electron chi connectivity index (χ3n) is 3.70. The summed E-state index contributed by atoms with van der Waals surface area (Å²) < 4.78 is 11.1. The van der Waals surface area contributed by atoms with Gasteiger partial charge < -0.3 is 14.8 Å². The van der Waals surface area contributed by atoms with Gasteiger partial charge in [-0.15, -0.1) is 0 Å². The van der Waals surface area contributed by atoms with Crippen LogP contribution in [0.5, 0.6) is 11.5 Å². The highest BCUT2D eigenvalue weighted by molar-refractivity contribution is 6.30. The second-order valence-electron chi connectivity index (χ2n) is 5.50. The predicted molar refractivity (Wildman–Crippen MR) is 89.1 cm³/mol. The number of hydrogen-bond donors (Lipinski definition) is 1. The van der Waals surface area contributed by atoms with Crippen LogP contribution in [0.25, 0.3) is 0 Å². The Morgan fingerprint density at radius 3 is 2.74 bits per heavy atom. The fourth-order valence-corrected chi connectivity index (χ4v) is 2.75. The van der Waals surface area contributed by atoms with Crippen molar-refractivity contribution in [3.8, 4) is 11.5 Å². The van der Waals surface area contributed by atoms with Gasteiger partial charge in [-0.3, -0.25) is 4.79 Å². The van der Waals surface area contributed by atoms with Gasteiger partial charge in [-0.2, -0.15) is 0 Å². The number of nitrogens with one attached hydrogen (secondary N) is 1. The van der Waals surface area contributed by atoms with Crippen LogP contribution < -0.4 is 14.8 Å². The number of carbonyl (C=O) groups is 1. The Morgan fingerprint density at radius 2 is 1.96 bits per heavy atom. The summed E-state index contributed by atoms with van der Waals surface area (Å²) in [6.45, 7) is 3.06. The molecule has 0 bridgehead atoms. The normalized spacial score (nSPS) is 14.2. The van der Waals surface area contributed by atoms with E-state index in [0.717, 1.165) is 22.6 Å². The van der Waals surface area contributed by atoms with Gasteiger partial charge in [-0.25, -0.2) is 0 Å². The van der Waals surface area contributed by atoms with Crippen molar-refractivity contribution in [1.82, 2.24) is 5.32 Å². The Hall–Kier alpha value is -2.20. The van der Waals surface area contributed by atoms with Crippen LogP contribution in [0.1, 0.15) is 24.1 Å². The van der Waals surface area contributed by atoms with E-state index in [1.54, 1.807) is 12.1 Å². The number of benzene rings is 2. The molecule has 0 saturated carbocycles. The van der Waals surface area contributed by atoms with Crippen LogP contribution in [0.3, 0.4) is 0 Å². The Morgan fingerprint density at radius 1 is 1.17 bits per heavy atom. The van der Waals surface area contributed by atoms with E-state index in [-0.39, 0.29) is 11.9 Å². The van der Waals surface area contributed by atoms with Crippen molar-refractivity contribution in [2.24, 2.45) is 0 Å². The third-order valence-corrected chi connectivity index (χ3v) is 3.93. The van der Waals surface area contributed by atoms with Crippen LogP contribution in [-0.2, 0) is 11.2 Å². The topological polar surface area (TPSA) is 47.6 Å². The van der Waals surface area contributed by atoms with E-state index in [1.807, 2.05) is 37.3 Å². The standard InChI is InChI=1S/C18H18ClNO3/c1-12(14-5-6-16-17(11-14)23-8-7-22-16)20-18(21)10-13-3-2-4-15(19)9-13/h2-6,9,11-12H,7-8,10H2,1H3,(H,20,21)/t12-/m1/s1. The summed E-state index contributed by atoms with van der Waals surface area (Å²) in [6.07, 6.45) is 0.301. The molecule has 4 nitrogen and oxygen atoms in total. The lowest BCUT2D eigenvalue weighted by Gasteiger charge is -2.21. The average Bonchev–Trinajstić information content (AvgIpc) is 2.54. The van der Waals surface area contributed by atoms with Crippen LogP contribution in [-0.4, -0.2) is 19.1 Å². The summed E-state index contributed by atoms with van der Waals surface area (Å²) in [7, 11) is 0. The van der Waals surface area contributed by atoms with Crippen molar-refractivity contribution >= 4 is 17.5 Å². The number of halogens is 1. The molecular formula is C18H18ClNO3. The van der Waals surface area contributed by atoms with E-state index < -0.39 is 0 Å². The molecule has 23 heavy (non-hydrogen) atoms. The highest BCUT2D eigenvalue weighted by Gasteiger charge is 2.16. The molecular weight excluding hydrogens is 314 g/mol. The summed E-state index contributed by atoms with van der Waals surface area (Å²) in [5, 5.41) is 3.63. The Kier molecular flexibility index (Phi) is 4.72. The molecule has 0 unspecified atom stereocenters. The molecule has 1 atom stereocenters. The van der Waals surface area contributed by atoms with Crippen molar-refractivity contribution in [3.63, 3.8) is 0 Å². The fourth-order valence-electron chi connectivity index (χ4n) is 2.54. The lowest BCUT2D eigenvalue weighted by molar-refractivity contribution is -0.121. The Bertz CT molecular complexity index is 717. The van der Waals surface area contributed by atoms with Crippen LogP contribution >= 0.6 is 11.6 Å². The van der Waals surface area contributed by atoms with Gasteiger partial charge >= 0.3 is 0 Å². The summed E-state index contributed by atoms with van der Waals surface area (Å²) in [4.78, 5) is 12.2. The number of fused-ring (bicyclic) bond motifs is 1. The first-order chi connectivity index (χ1) is 11.1. The zero-order chi connectivity index (χ0) is 16.2. The molecule has 1 heterocycles. The first-order valence-corrected chi connectivity index (χ1v) is 7.93. The van der Waals surface area contributed by atoms with Crippen LogP contribution in [0, 0.1) is 0 Å². The lowest BCUT2D eigenvalue weighted by atomic mass is 10.1. The van der Waals surface area contributed by atoms with E-state index in [2.05, 4.69) is 5.32 Å². The molecule has 1 aliphatic rings. The highest BCUT2D eigenvalue weighted by Crippen LogP contribution is 2.32. The molecule has 0 aromatic heterocycles. The van der Waals surface area contributed by atoms with Gasteiger partial charge in [0.25, 0.3) is 0 Å². The van der Waals surface area contributed by atoms with Gasteiger partial charge in [-0.05, 0) is 42.3 Å². The highest BCUT2D eigenvalue weighted by atomic mass is 35.5. The quantitative estimate of drug-likeness (QED) is 0.932. The maximum absolute atomic E-state index is 12.2. The maximum Gasteiger partial charge on any atom is 0.224 e. The zero-order valence-corrected chi connectivity index (χ0v) is 13.6. The Labute approximate surface area is 140 Å². The van der Waals surface area contributed by atoms with Crippen molar-refractivity contribution in [1.29, 1.82) is 0 Å². The van der Waals surface area contributed by atoms with Gasteiger partial charge in [0.15, 0.2) is 11.5 Å². The molecule has 120 valence electrons. The number of hydrogen-bond acceptors (Lipinski definition) is 3. The zero-order valence-electron chi connectivity index (χ0n) is 12.8.